The van der Waals surface area contributed by atoms with Crippen molar-refractivity contribution in [3.63, 3.8) is 0 Å². The monoisotopic (exact) mass is 332 g/mol. The number of benzene rings is 2. The van der Waals surface area contributed by atoms with Gasteiger partial charge in [0, 0.05) is 25.3 Å². The topological polar surface area (TPSA) is 41.0 Å². The van der Waals surface area contributed by atoms with Crippen molar-refractivity contribution in [1.82, 2.24) is 9.97 Å². The number of rotatable bonds is 5. The summed E-state index contributed by atoms with van der Waals surface area (Å²) in [6, 6.07) is 18.8. The summed E-state index contributed by atoms with van der Waals surface area (Å²) >= 11 is 0. The zero-order valence-corrected chi connectivity index (χ0v) is 15.2. The van der Waals surface area contributed by atoms with Crippen molar-refractivity contribution in [2.24, 2.45) is 0 Å². The molecule has 4 heteroatoms. The summed E-state index contributed by atoms with van der Waals surface area (Å²) in [5.74, 6) is 2.48. The second kappa shape index (κ2) is 7.34. The normalized spacial score (nSPS) is 10.6. The van der Waals surface area contributed by atoms with Gasteiger partial charge >= 0.3 is 0 Å². The van der Waals surface area contributed by atoms with Gasteiger partial charge < -0.3 is 10.2 Å². The van der Waals surface area contributed by atoms with E-state index in [1.54, 1.807) is 0 Å². The average molecular weight is 332 g/mol. The van der Waals surface area contributed by atoms with Gasteiger partial charge in [0.25, 0.3) is 0 Å². The molecule has 0 aliphatic carbocycles. The highest BCUT2D eigenvalue weighted by molar-refractivity contribution is 5.63. The van der Waals surface area contributed by atoms with E-state index in [1.807, 2.05) is 19.1 Å². The van der Waals surface area contributed by atoms with E-state index in [9.17, 15) is 0 Å². The number of anilines is 3. The minimum atomic E-state index is 0.755. The summed E-state index contributed by atoms with van der Waals surface area (Å²) in [6.45, 7) is 6.92. The van der Waals surface area contributed by atoms with Crippen molar-refractivity contribution in [2.45, 2.75) is 27.3 Å². The lowest BCUT2D eigenvalue weighted by Gasteiger charge is -2.20. The molecule has 1 N–H and O–H groups in total. The molecule has 0 atom stereocenters. The second-order valence-electron chi connectivity index (χ2n) is 6.44. The summed E-state index contributed by atoms with van der Waals surface area (Å²) in [4.78, 5) is 11.3. The van der Waals surface area contributed by atoms with Crippen LogP contribution in [0.4, 0.5) is 17.3 Å². The number of hydrogen-bond donors (Lipinski definition) is 1. The van der Waals surface area contributed by atoms with Crippen molar-refractivity contribution in [3.8, 4) is 0 Å². The quantitative estimate of drug-likeness (QED) is 0.730. The Hall–Kier alpha value is -2.88. The lowest BCUT2D eigenvalue weighted by atomic mass is 10.1. The van der Waals surface area contributed by atoms with Crippen molar-refractivity contribution in [1.29, 1.82) is 0 Å². The summed E-state index contributed by atoms with van der Waals surface area (Å²) in [5, 5.41) is 3.44. The molecule has 0 saturated heterocycles. The molecule has 0 saturated carbocycles. The maximum Gasteiger partial charge on any atom is 0.136 e. The Labute approximate surface area is 149 Å². The zero-order valence-electron chi connectivity index (χ0n) is 15.2. The van der Waals surface area contributed by atoms with Gasteiger partial charge in [-0.3, -0.25) is 0 Å². The smallest absolute Gasteiger partial charge is 0.136 e. The molecule has 0 amide bonds. The predicted octanol–water partition coefficient (Wildman–Crippen LogP) is 4.78. The first kappa shape index (κ1) is 17.0. The first-order valence-corrected chi connectivity index (χ1v) is 8.46. The zero-order chi connectivity index (χ0) is 17.8. The van der Waals surface area contributed by atoms with E-state index >= 15 is 0 Å². The molecule has 0 aliphatic rings. The standard InChI is InChI=1S/C21H24N4/c1-15-10-11-16(2)19(12-15)24-20-13-21(23-17(3)22-20)25(4)14-18-8-6-5-7-9-18/h5-13H,14H2,1-4H3,(H,22,23,24). The second-order valence-corrected chi connectivity index (χ2v) is 6.44. The fourth-order valence-corrected chi connectivity index (χ4v) is 2.76. The highest BCUT2D eigenvalue weighted by Gasteiger charge is 2.09. The van der Waals surface area contributed by atoms with Crippen LogP contribution in [0.5, 0.6) is 0 Å². The molecule has 3 aromatic rings. The molecule has 0 aliphatic heterocycles. The molecule has 3 rings (SSSR count). The molecule has 0 radical (unpaired) electrons. The van der Waals surface area contributed by atoms with Crippen LogP contribution in [0.2, 0.25) is 0 Å². The summed E-state index contributed by atoms with van der Waals surface area (Å²) in [6.07, 6.45) is 0. The van der Waals surface area contributed by atoms with Gasteiger partial charge in [0.05, 0.1) is 0 Å². The van der Waals surface area contributed by atoms with Crippen LogP contribution in [-0.2, 0) is 6.54 Å². The van der Waals surface area contributed by atoms with Crippen LogP contribution in [0.15, 0.2) is 54.6 Å². The van der Waals surface area contributed by atoms with Gasteiger partial charge in [-0.05, 0) is 43.5 Å². The Morgan fingerprint density at radius 1 is 0.920 bits per heavy atom. The SMILES string of the molecule is Cc1ccc(C)c(Nc2cc(N(C)Cc3ccccc3)nc(C)n2)c1. The van der Waals surface area contributed by atoms with Crippen LogP contribution in [0.1, 0.15) is 22.5 Å². The average Bonchev–Trinajstić information content (AvgIpc) is 2.58. The Morgan fingerprint density at radius 2 is 1.68 bits per heavy atom. The van der Waals surface area contributed by atoms with Crippen LogP contribution in [0.3, 0.4) is 0 Å². The van der Waals surface area contributed by atoms with E-state index in [-0.39, 0.29) is 0 Å². The van der Waals surface area contributed by atoms with E-state index in [1.165, 1.54) is 16.7 Å². The maximum absolute atomic E-state index is 4.59. The van der Waals surface area contributed by atoms with Gasteiger partial charge in [0.2, 0.25) is 0 Å². The minimum Gasteiger partial charge on any atom is -0.355 e. The van der Waals surface area contributed by atoms with Crippen LogP contribution in [0, 0.1) is 20.8 Å². The third-order valence-electron chi connectivity index (χ3n) is 4.13. The molecule has 0 bridgehead atoms. The Bertz CT molecular complexity index is 859. The molecule has 1 heterocycles. The molecule has 0 unspecified atom stereocenters. The van der Waals surface area contributed by atoms with Crippen LogP contribution in [-0.4, -0.2) is 17.0 Å². The summed E-state index contributed by atoms with van der Waals surface area (Å²) in [7, 11) is 2.05. The molecule has 128 valence electrons. The molecule has 4 nitrogen and oxygen atoms in total. The lowest BCUT2D eigenvalue weighted by Crippen LogP contribution is -2.18. The molecule has 0 spiro atoms. The Balaban J connectivity index is 1.84. The number of nitrogens with one attached hydrogen (secondary N) is 1. The van der Waals surface area contributed by atoms with E-state index in [0.717, 1.165) is 29.7 Å². The van der Waals surface area contributed by atoms with E-state index in [2.05, 4.69) is 83.5 Å². The lowest BCUT2D eigenvalue weighted by molar-refractivity contribution is 0.880. The number of aryl methyl sites for hydroxylation is 3. The highest BCUT2D eigenvalue weighted by atomic mass is 15.2. The van der Waals surface area contributed by atoms with Crippen LogP contribution >= 0.6 is 0 Å². The molecule has 25 heavy (non-hydrogen) atoms. The van der Waals surface area contributed by atoms with Crippen LogP contribution in [0.25, 0.3) is 0 Å². The molecular formula is C21H24N4. The predicted molar refractivity (Wildman–Crippen MR) is 105 cm³/mol. The summed E-state index contributed by atoms with van der Waals surface area (Å²) in [5.41, 5.74) is 4.75. The van der Waals surface area contributed by atoms with Crippen LogP contribution < -0.4 is 10.2 Å². The van der Waals surface area contributed by atoms with E-state index < -0.39 is 0 Å². The van der Waals surface area contributed by atoms with Crippen molar-refractivity contribution in [3.05, 3.63) is 77.1 Å². The third kappa shape index (κ3) is 4.35. The minimum absolute atomic E-state index is 0.755. The number of aromatic nitrogens is 2. The Morgan fingerprint density at radius 3 is 2.44 bits per heavy atom. The van der Waals surface area contributed by atoms with Gasteiger partial charge in [-0.25, -0.2) is 9.97 Å². The third-order valence-corrected chi connectivity index (χ3v) is 4.13. The molecule has 2 aromatic carbocycles. The highest BCUT2D eigenvalue weighted by Crippen LogP contribution is 2.23. The first-order chi connectivity index (χ1) is 12.0. The van der Waals surface area contributed by atoms with Crippen molar-refractivity contribution >= 4 is 17.3 Å². The van der Waals surface area contributed by atoms with E-state index in [4.69, 9.17) is 0 Å². The van der Waals surface area contributed by atoms with Crippen molar-refractivity contribution in [2.75, 3.05) is 17.3 Å². The largest absolute Gasteiger partial charge is 0.355 e. The number of nitrogens with zero attached hydrogens (tertiary/aromatic N) is 3. The van der Waals surface area contributed by atoms with Gasteiger partial charge in [0.1, 0.15) is 17.5 Å². The molecular weight excluding hydrogens is 308 g/mol. The van der Waals surface area contributed by atoms with Crippen molar-refractivity contribution < 1.29 is 0 Å². The fraction of sp³-hybridized carbons (Fsp3) is 0.238. The summed E-state index contributed by atoms with van der Waals surface area (Å²) < 4.78 is 0. The fourth-order valence-electron chi connectivity index (χ4n) is 2.76. The van der Waals surface area contributed by atoms with Gasteiger partial charge in [-0.15, -0.1) is 0 Å². The molecule has 1 aromatic heterocycles. The number of hydrogen-bond acceptors (Lipinski definition) is 4. The van der Waals surface area contributed by atoms with Gasteiger partial charge in [0.15, 0.2) is 0 Å². The first-order valence-electron chi connectivity index (χ1n) is 8.46. The molecule has 0 fully saturated rings. The van der Waals surface area contributed by atoms with E-state index in [0.29, 0.717) is 0 Å². The van der Waals surface area contributed by atoms with Gasteiger partial charge in [-0.1, -0.05) is 42.5 Å². The Kier molecular flexibility index (Phi) is 4.98. The maximum atomic E-state index is 4.59. The van der Waals surface area contributed by atoms with Gasteiger partial charge in [-0.2, -0.15) is 0 Å².